The molecule has 1 amide bonds. The number of hydrogen-bond acceptors (Lipinski definition) is 4. The monoisotopic (exact) mass is 340 g/mol. The average molecular weight is 340 g/mol. The normalized spacial score (nSPS) is 16.2. The van der Waals surface area contributed by atoms with E-state index in [9.17, 15) is 9.90 Å². The van der Waals surface area contributed by atoms with Gasteiger partial charge in [-0.2, -0.15) is 0 Å². The van der Waals surface area contributed by atoms with Crippen molar-refractivity contribution in [1.82, 2.24) is 4.90 Å². The van der Waals surface area contributed by atoms with E-state index in [1.165, 1.54) is 0 Å². The fraction of sp³-hybridized carbons (Fsp3) is 0.350. The molecule has 25 heavy (non-hydrogen) atoms. The standard InChI is InChI=1S/C20H24N2O3/c1-25-18-10-8-17(9-11-18)21-12-5-13-22(15-14-21)20(24)19(23)16-6-3-2-4-7-16/h2-4,6-11,19,23H,5,12-15H2,1H3. The fourth-order valence-corrected chi connectivity index (χ4v) is 3.14. The lowest BCUT2D eigenvalue weighted by Crippen LogP contribution is -2.38. The highest BCUT2D eigenvalue weighted by Gasteiger charge is 2.25. The van der Waals surface area contributed by atoms with E-state index in [-0.39, 0.29) is 5.91 Å². The molecule has 0 aliphatic carbocycles. The van der Waals surface area contributed by atoms with Gasteiger partial charge in [-0.1, -0.05) is 30.3 Å². The Labute approximate surface area is 148 Å². The number of hydrogen-bond donors (Lipinski definition) is 1. The first-order valence-electron chi connectivity index (χ1n) is 8.60. The van der Waals surface area contributed by atoms with Gasteiger partial charge in [0, 0.05) is 31.9 Å². The Morgan fingerprint density at radius 3 is 2.40 bits per heavy atom. The predicted molar refractivity (Wildman–Crippen MR) is 97.8 cm³/mol. The quantitative estimate of drug-likeness (QED) is 0.929. The minimum absolute atomic E-state index is 0.220. The van der Waals surface area contributed by atoms with Crippen LogP contribution in [0.25, 0.3) is 0 Å². The van der Waals surface area contributed by atoms with Crippen LogP contribution in [0.3, 0.4) is 0 Å². The van der Waals surface area contributed by atoms with Crippen LogP contribution in [0, 0.1) is 0 Å². The van der Waals surface area contributed by atoms with Crippen LogP contribution < -0.4 is 9.64 Å². The van der Waals surface area contributed by atoms with Gasteiger partial charge in [-0.15, -0.1) is 0 Å². The van der Waals surface area contributed by atoms with Crippen LogP contribution in [-0.4, -0.2) is 49.2 Å². The Morgan fingerprint density at radius 2 is 1.72 bits per heavy atom. The maximum Gasteiger partial charge on any atom is 0.256 e. The zero-order valence-corrected chi connectivity index (χ0v) is 14.5. The molecule has 1 saturated heterocycles. The molecule has 3 rings (SSSR count). The molecule has 1 heterocycles. The molecule has 1 unspecified atom stereocenters. The molecule has 2 aromatic rings. The number of aliphatic hydroxyl groups excluding tert-OH is 1. The molecule has 0 spiro atoms. The summed E-state index contributed by atoms with van der Waals surface area (Å²) in [5.41, 5.74) is 1.77. The maximum absolute atomic E-state index is 12.6. The second-order valence-electron chi connectivity index (χ2n) is 6.18. The van der Waals surface area contributed by atoms with Gasteiger partial charge in [0.25, 0.3) is 5.91 Å². The zero-order chi connectivity index (χ0) is 17.6. The van der Waals surface area contributed by atoms with Crippen LogP contribution in [0.4, 0.5) is 5.69 Å². The second-order valence-corrected chi connectivity index (χ2v) is 6.18. The van der Waals surface area contributed by atoms with Gasteiger partial charge in [0.1, 0.15) is 5.75 Å². The van der Waals surface area contributed by atoms with Gasteiger partial charge < -0.3 is 19.6 Å². The van der Waals surface area contributed by atoms with Crippen molar-refractivity contribution in [2.75, 3.05) is 38.2 Å². The number of carbonyl (C=O) groups is 1. The van der Waals surface area contributed by atoms with Gasteiger partial charge in [-0.25, -0.2) is 0 Å². The zero-order valence-electron chi connectivity index (χ0n) is 14.5. The molecular formula is C20H24N2O3. The number of amides is 1. The number of methoxy groups -OCH3 is 1. The van der Waals surface area contributed by atoms with Crippen molar-refractivity contribution in [3.63, 3.8) is 0 Å². The van der Waals surface area contributed by atoms with Crippen LogP contribution in [0.5, 0.6) is 5.75 Å². The number of carbonyl (C=O) groups excluding carboxylic acids is 1. The number of benzene rings is 2. The summed E-state index contributed by atoms with van der Waals surface area (Å²) in [5, 5.41) is 10.4. The summed E-state index contributed by atoms with van der Waals surface area (Å²) in [7, 11) is 1.66. The second kappa shape index (κ2) is 8.03. The van der Waals surface area contributed by atoms with Gasteiger partial charge in [-0.05, 0) is 36.2 Å². The lowest BCUT2D eigenvalue weighted by Gasteiger charge is -2.25. The van der Waals surface area contributed by atoms with E-state index in [0.29, 0.717) is 18.7 Å². The van der Waals surface area contributed by atoms with E-state index >= 15 is 0 Å². The Balaban J connectivity index is 1.63. The highest BCUT2D eigenvalue weighted by atomic mass is 16.5. The molecular weight excluding hydrogens is 316 g/mol. The van der Waals surface area contributed by atoms with Crippen molar-refractivity contribution >= 4 is 11.6 Å². The summed E-state index contributed by atoms with van der Waals surface area (Å²) in [6.45, 7) is 2.90. The van der Waals surface area contributed by atoms with Gasteiger partial charge in [0.2, 0.25) is 0 Å². The summed E-state index contributed by atoms with van der Waals surface area (Å²) in [6, 6.07) is 17.1. The van der Waals surface area contributed by atoms with Crippen LogP contribution in [0.15, 0.2) is 54.6 Å². The fourth-order valence-electron chi connectivity index (χ4n) is 3.14. The van der Waals surface area contributed by atoms with Crippen LogP contribution in [-0.2, 0) is 4.79 Å². The first-order chi connectivity index (χ1) is 12.2. The average Bonchev–Trinajstić information content (AvgIpc) is 2.94. The number of ether oxygens (including phenoxy) is 1. The lowest BCUT2D eigenvalue weighted by atomic mass is 10.1. The lowest BCUT2D eigenvalue weighted by molar-refractivity contribution is -0.140. The topological polar surface area (TPSA) is 53.0 Å². The molecule has 0 bridgehead atoms. The molecule has 5 nitrogen and oxygen atoms in total. The Kier molecular flexibility index (Phi) is 5.56. The predicted octanol–water partition coefficient (Wildman–Crippen LogP) is 2.47. The van der Waals surface area contributed by atoms with Crippen molar-refractivity contribution < 1.29 is 14.6 Å². The molecule has 2 aromatic carbocycles. The third kappa shape index (κ3) is 4.12. The summed E-state index contributed by atoms with van der Waals surface area (Å²) < 4.78 is 5.20. The summed E-state index contributed by atoms with van der Waals surface area (Å²) in [4.78, 5) is 16.6. The van der Waals surface area contributed by atoms with Crippen molar-refractivity contribution in [2.24, 2.45) is 0 Å². The first kappa shape index (κ1) is 17.3. The van der Waals surface area contributed by atoms with Crippen LogP contribution in [0.2, 0.25) is 0 Å². The van der Waals surface area contributed by atoms with E-state index in [0.717, 1.165) is 30.9 Å². The van der Waals surface area contributed by atoms with Gasteiger partial charge in [-0.3, -0.25) is 4.79 Å². The summed E-state index contributed by atoms with van der Waals surface area (Å²) >= 11 is 0. The molecule has 132 valence electrons. The van der Waals surface area contributed by atoms with Gasteiger partial charge in [0.05, 0.1) is 7.11 Å². The Bertz CT molecular complexity index is 688. The molecule has 0 saturated carbocycles. The third-order valence-electron chi connectivity index (χ3n) is 4.59. The van der Waals surface area contributed by atoms with E-state index in [4.69, 9.17) is 4.74 Å². The number of aliphatic hydroxyl groups is 1. The molecule has 0 radical (unpaired) electrons. The van der Waals surface area contributed by atoms with Gasteiger partial charge in [0.15, 0.2) is 6.10 Å². The largest absolute Gasteiger partial charge is 0.497 e. The van der Waals surface area contributed by atoms with Gasteiger partial charge >= 0.3 is 0 Å². The molecule has 1 atom stereocenters. The van der Waals surface area contributed by atoms with E-state index in [2.05, 4.69) is 4.90 Å². The Hall–Kier alpha value is -2.53. The molecule has 0 aromatic heterocycles. The minimum atomic E-state index is -1.09. The van der Waals surface area contributed by atoms with Crippen molar-refractivity contribution in [3.8, 4) is 5.75 Å². The summed E-state index contributed by atoms with van der Waals surface area (Å²) in [6.07, 6.45) is -0.215. The highest BCUT2D eigenvalue weighted by molar-refractivity contribution is 5.82. The van der Waals surface area contributed by atoms with E-state index in [1.807, 2.05) is 42.5 Å². The highest BCUT2D eigenvalue weighted by Crippen LogP contribution is 2.22. The van der Waals surface area contributed by atoms with E-state index in [1.54, 1.807) is 24.1 Å². The number of nitrogens with zero attached hydrogens (tertiary/aromatic N) is 2. The Morgan fingerprint density at radius 1 is 1.00 bits per heavy atom. The van der Waals surface area contributed by atoms with Crippen LogP contribution >= 0.6 is 0 Å². The van der Waals surface area contributed by atoms with Crippen molar-refractivity contribution in [2.45, 2.75) is 12.5 Å². The number of rotatable bonds is 4. The minimum Gasteiger partial charge on any atom is -0.497 e. The maximum atomic E-state index is 12.6. The third-order valence-corrected chi connectivity index (χ3v) is 4.59. The molecule has 1 aliphatic rings. The van der Waals surface area contributed by atoms with E-state index < -0.39 is 6.10 Å². The molecule has 1 fully saturated rings. The molecule has 1 aliphatic heterocycles. The van der Waals surface area contributed by atoms with Crippen LogP contribution in [0.1, 0.15) is 18.1 Å². The smallest absolute Gasteiger partial charge is 0.256 e. The molecule has 1 N–H and O–H groups in total. The van der Waals surface area contributed by atoms with Crippen molar-refractivity contribution in [3.05, 3.63) is 60.2 Å². The number of anilines is 1. The van der Waals surface area contributed by atoms with Crippen molar-refractivity contribution in [1.29, 1.82) is 0 Å². The SMILES string of the molecule is COc1ccc(N2CCCN(C(=O)C(O)c3ccccc3)CC2)cc1. The molecule has 5 heteroatoms. The summed E-state index contributed by atoms with van der Waals surface area (Å²) in [5.74, 6) is 0.615. The first-order valence-corrected chi connectivity index (χ1v) is 8.60.